The Labute approximate surface area is 96.1 Å². The molecule has 0 unspecified atom stereocenters. The molecule has 2 rings (SSSR count). The Morgan fingerprint density at radius 2 is 2.25 bits per heavy atom. The van der Waals surface area contributed by atoms with Crippen molar-refractivity contribution in [2.75, 3.05) is 7.05 Å². The van der Waals surface area contributed by atoms with E-state index >= 15 is 0 Å². The maximum absolute atomic E-state index is 4.39. The molecule has 0 aliphatic rings. The first-order chi connectivity index (χ1) is 7.79. The van der Waals surface area contributed by atoms with E-state index in [4.69, 9.17) is 0 Å². The van der Waals surface area contributed by atoms with Crippen molar-refractivity contribution in [2.24, 2.45) is 0 Å². The van der Waals surface area contributed by atoms with Gasteiger partial charge in [0.15, 0.2) is 0 Å². The Morgan fingerprint density at radius 3 is 3.00 bits per heavy atom. The summed E-state index contributed by atoms with van der Waals surface area (Å²) in [6.07, 6.45) is 6.10. The summed E-state index contributed by atoms with van der Waals surface area (Å²) >= 11 is 0. The Balaban J connectivity index is 2.11. The molecule has 0 spiro atoms. The molecule has 16 heavy (non-hydrogen) atoms. The van der Waals surface area contributed by atoms with E-state index in [2.05, 4.69) is 46.3 Å². The highest BCUT2D eigenvalue weighted by Crippen LogP contribution is 2.08. The van der Waals surface area contributed by atoms with Gasteiger partial charge in [-0.05, 0) is 37.2 Å². The van der Waals surface area contributed by atoms with Gasteiger partial charge in [-0.2, -0.15) is 0 Å². The number of rotatable bonds is 4. The minimum atomic E-state index is 0.844. The van der Waals surface area contributed by atoms with Crippen LogP contribution in [0.1, 0.15) is 16.8 Å². The van der Waals surface area contributed by atoms with Gasteiger partial charge in [-0.15, -0.1) is 0 Å². The van der Waals surface area contributed by atoms with Crippen LogP contribution in [0.2, 0.25) is 0 Å². The third kappa shape index (κ3) is 2.49. The fraction of sp³-hybridized carbons (Fsp3) is 0.308. The Hall–Kier alpha value is -1.61. The predicted octanol–water partition coefficient (Wildman–Crippen LogP) is 1.96. The number of hydrogen-bond acceptors (Lipinski definition) is 2. The molecule has 1 N–H and O–H groups in total. The molecule has 2 heterocycles. The van der Waals surface area contributed by atoms with Crippen molar-refractivity contribution in [2.45, 2.75) is 20.0 Å². The van der Waals surface area contributed by atoms with E-state index in [1.165, 1.54) is 11.1 Å². The van der Waals surface area contributed by atoms with Crippen molar-refractivity contribution in [1.29, 1.82) is 0 Å². The largest absolute Gasteiger partial charge is 0.348 e. The van der Waals surface area contributed by atoms with Gasteiger partial charge in [0.25, 0.3) is 0 Å². The lowest BCUT2D eigenvalue weighted by molar-refractivity contribution is 0.761. The summed E-state index contributed by atoms with van der Waals surface area (Å²) in [6.45, 7) is 3.85. The molecular formula is C13H17N3. The van der Waals surface area contributed by atoms with Gasteiger partial charge in [0.2, 0.25) is 0 Å². The second kappa shape index (κ2) is 4.94. The van der Waals surface area contributed by atoms with Crippen molar-refractivity contribution in [3.8, 4) is 0 Å². The molecule has 0 aliphatic heterocycles. The van der Waals surface area contributed by atoms with Crippen LogP contribution in [0.25, 0.3) is 0 Å². The standard InChI is InChI=1S/C13H17N3/c1-11-4-3-6-15-13(11)10-16-7-5-12(9-16)8-14-2/h3-7,9,14H,8,10H2,1-2H3. The molecule has 0 saturated heterocycles. The number of hydrogen-bond donors (Lipinski definition) is 1. The average molecular weight is 215 g/mol. The van der Waals surface area contributed by atoms with Crippen molar-refractivity contribution in [3.05, 3.63) is 53.6 Å². The molecule has 0 radical (unpaired) electrons. The first kappa shape index (κ1) is 10.9. The van der Waals surface area contributed by atoms with E-state index in [1.807, 2.05) is 19.3 Å². The first-order valence-corrected chi connectivity index (χ1v) is 5.49. The lowest BCUT2D eigenvalue weighted by Crippen LogP contribution is -2.04. The molecule has 3 heteroatoms. The minimum absolute atomic E-state index is 0.844. The van der Waals surface area contributed by atoms with Crippen LogP contribution >= 0.6 is 0 Å². The van der Waals surface area contributed by atoms with E-state index in [0.717, 1.165) is 18.8 Å². The third-order valence-electron chi connectivity index (χ3n) is 2.64. The molecule has 0 amide bonds. The zero-order valence-corrected chi connectivity index (χ0v) is 9.77. The van der Waals surface area contributed by atoms with Crippen molar-refractivity contribution < 1.29 is 0 Å². The summed E-state index contributed by atoms with van der Waals surface area (Å²) in [5.41, 5.74) is 3.68. The van der Waals surface area contributed by atoms with E-state index in [9.17, 15) is 0 Å². The molecule has 0 aliphatic carbocycles. The SMILES string of the molecule is CNCc1ccn(Cc2ncccc2C)c1. The lowest BCUT2D eigenvalue weighted by Gasteiger charge is -2.05. The number of nitrogens with zero attached hydrogens (tertiary/aromatic N) is 2. The predicted molar refractivity (Wildman–Crippen MR) is 65.3 cm³/mol. The van der Waals surface area contributed by atoms with Gasteiger partial charge in [0, 0.05) is 25.1 Å². The van der Waals surface area contributed by atoms with Crippen LogP contribution in [-0.4, -0.2) is 16.6 Å². The fourth-order valence-corrected chi connectivity index (χ4v) is 1.75. The van der Waals surface area contributed by atoms with Crippen LogP contribution in [-0.2, 0) is 13.1 Å². The molecule has 2 aromatic rings. The number of aromatic nitrogens is 2. The van der Waals surface area contributed by atoms with Crippen molar-refractivity contribution in [3.63, 3.8) is 0 Å². The van der Waals surface area contributed by atoms with E-state index in [-0.39, 0.29) is 0 Å². The number of nitrogens with one attached hydrogen (secondary N) is 1. The smallest absolute Gasteiger partial charge is 0.0645 e. The zero-order valence-electron chi connectivity index (χ0n) is 9.77. The van der Waals surface area contributed by atoms with Crippen molar-refractivity contribution >= 4 is 0 Å². The van der Waals surface area contributed by atoms with Crippen LogP contribution in [0.3, 0.4) is 0 Å². The lowest BCUT2D eigenvalue weighted by atomic mass is 10.2. The Morgan fingerprint density at radius 1 is 1.38 bits per heavy atom. The normalized spacial score (nSPS) is 10.6. The number of aryl methyl sites for hydroxylation is 1. The third-order valence-corrected chi connectivity index (χ3v) is 2.64. The van der Waals surface area contributed by atoms with Crippen LogP contribution in [0, 0.1) is 6.92 Å². The van der Waals surface area contributed by atoms with Crippen LogP contribution < -0.4 is 5.32 Å². The van der Waals surface area contributed by atoms with Gasteiger partial charge in [-0.1, -0.05) is 6.07 Å². The van der Waals surface area contributed by atoms with E-state index < -0.39 is 0 Å². The Kier molecular flexibility index (Phi) is 3.37. The molecule has 3 nitrogen and oxygen atoms in total. The van der Waals surface area contributed by atoms with Gasteiger partial charge in [0.05, 0.1) is 12.2 Å². The highest BCUT2D eigenvalue weighted by Gasteiger charge is 2.00. The molecule has 0 aromatic carbocycles. The van der Waals surface area contributed by atoms with Crippen LogP contribution in [0.15, 0.2) is 36.8 Å². The maximum atomic E-state index is 4.39. The minimum Gasteiger partial charge on any atom is -0.348 e. The molecule has 0 bridgehead atoms. The zero-order chi connectivity index (χ0) is 11.4. The second-order valence-corrected chi connectivity index (χ2v) is 3.99. The molecule has 0 atom stereocenters. The molecule has 2 aromatic heterocycles. The van der Waals surface area contributed by atoms with Crippen molar-refractivity contribution in [1.82, 2.24) is 14.9 Å². The topological polar surface area (TPSA) is 29.9 Å². The monoisotopic (exact) mass is 215 g/mol. The highest BCUT2D eigenvalue weighted by molar-refractivity contribution is 5.19. The van der Waals surface area contributed by atoms with Gasteiger partial charge in [-0.25, -0.2) is 0 Å². The second-order valence-electron chi connectivity index (χ2n) is 3.99. The quantitative estimate of drug-likeness (QED) is 0.845. The molecular weight excluding hydrogens is 198 g/mol. The van der Waals surface area contributed by atoms with Gasteiger partial charge in [0.1, 0.15) is 0 Å². The Bertz CT molecular complexity index is 460. The van der Waals surface area contributed by atoms with Gasteiger partial charge in [-0.3, -0.25) is 4.98 Å². The summed E-state index contributed by atoms with van der Waals surface area (Å²) in [6, 6.07) is 6.20. The average Bonchev–Trinajstić information content (AvgIpc) is 2.70. The summed E-state index contributed by atoms with van der Waals surface area (Å²) < 4.78 is 2.17. The molecule has 84 valence electrons. The van der Waals surface area contributed by atoms with Crippen LogP contribution in [0.5, 0.6) is 0 Å². The van der Waals surface area contributed by atoms with Gasteiger partial charge < -0.3 is 9.88 Å². The summed E-state index contributed by atoms with van der Waals surface area (Å²) in [4.78, 5) is 4.39. The molecule has 0 fully saturated rings. The van der Waals surface area contributed by atoms with E-state index in [1.54, 1.807) is 0 Å². The van der Waals surface area contributed by atoms with Gasteiger partial charge >= 0.3 is 0 Å². The highest BCUT2D eigenvalue weighted by atomic mass is 15.0. The molecule has 0 saturated carbocycles. The summed E-state index contributed by atoms with van der Waals surface area (Å²) in [5.74, 6) is 0. The van der Waals surface area contributed by atoms with Crippen LogP contribution in [0.4, 0.5) is 0 Å². The summed E-state index contributed by atoms with van der Waals surface area (Å²) in [7, 11) is 1.96. The fourth-order valence-electron chi connectivity index (χ4n) is 1.75. The number of pyridine rings is 1. The van der Waals surface area contributed by atoms with E-state index in [0.29, 0.717) is 0 Å². The maximum Gasteiger partial charge on any atom is 0.0645 e. The summed E-state index contributed by atoms with van der Waals surface area (Å²) in [5, 5.41) is 3.14. The first-order valence-electron chi connectivity index (χ1n) is 5.49.